The summed E-state index contributed by atoms with van der Waals surface area (Å²) in [4.78, 5) is 0. The lowest BCUT2D eigenvalue weighted by molar-refractivity contribution is 0.189. The topological polar surface area (TPSA) is 27.1 Å². The summed E-state index contributed by atoms with van der Waals surface area (Å²) < 4.78 is 6.70. The first-order chi connectivity index (χ1) is 5.33. The van der Waals surface area contributed by atoms with Crippen LogP contribution in [-0.2, 0) is 11.3 Å². The molecule has 0 saturated heterocycles. The molecular formula is C7H11ClN2O. The van der Waals surface area contributed by atoms with Crippen LogP contribution in [-0.4, -0.2) is 23.5 Å². The zero-order chi connectivity index (χ0) is 8.10. The molecule has 0 radical (unpaired) electrons. The van der Waals surface area contributed by atoms with Crippen molar-refractivity contribution in [2.24, 2.45) is 0 Å². The van der Waals surface area contributed by atoms with Gasteiger partial charge in [0, 0.05) is 26.5 Å². The molecule has 0 aliphatic heterocycles. The summed E-state index contributed by atoms with van der Waals surface area (Å²) in [5.74, 6) is 0. The van der Waals surface area contributed by atoms with Gasteiger partial charge in [0.15, 0.2) is 5.15 Å². The minimum atomic E-state index is 0.544. The molecule has 0 atom stereocenters. The number of halogens is 1. The fraction of sp³-hybridized carbons (Fsp3) is 0.571. The van der Waals surface area contributed by atoms with E-state index in [1.807, 2.05) is 6.20 Å². The maximum atomic E-state index is 5.61. The van der Waals surface area contributed by atoms with E-state index in [0.29, 0.717) is 5.15 Å². The van der Waals surface area contributed by atoms with Crippen molar-refractivity contribution in [3.8, 4) is 0 Å². The van der Waals surface area contributed by atoms with Crippen LogP contribution in [0, 0.1) is 0 Å². The third kappa shape index (κ3) is 2.91. The van der Waals surface area contributed by atoms with E-state index in [1.165, 1.54) is 0 Å². The molecule has 0 aliphatic carbocycles. The third-order valence-corrected chi connectivity index (χ3v) is 1.55. The molecule has 1 aromatic heterocycles. The molecule has 0 amide bonds. The van der Waals surface area contributed by atoms with E-state index < -0.39 is 0 Å². The lowest BCUT2D eigenvalue weighted by atomic mass is 10.4. The Labute approximate surface area is 70.9 Å². The van der Waals surface area contributed by atoms with Crippen LogP contribution in [0.3, 0.4) is 0 Å². The summed E-state index contributed by atoms with van der Waals surface area (Å²) in [6.45, 7) is 1.62. The highest BCUT2D eigenvalue weighted by Gasteiger charge is 1.93. The molecule has 1 heterocycles. The van der Waals surface area contributed by atoms with Crippen LogP contribution >= 0.6 is 11.6 Å². The Bertz CT molecular complexity index is 212. The first-order valence-corrected chi connectivity index (χ1v) is 3.88. The van der Waals surface area contributed by atoms with Crippen LogP contribution in [0.5, 0.6) is 0 Å². The molecule has 0 unspecified atom stereocenters. The molecule has 0 aromatic carbocycles. The number of rotatable bonds is 4. The SMILES string of the molecule is COCCCn1ccc(Cl)n1. The molecule has 0 aliphatic rings. The van der Waals surface area contributed by atoms with Gasteiger partial charge < -0.3 is 4.74 Å². The van der Waals surface area contributed by atoms with Gasteiger partial charge in [-0.2, -0.15) is 5.10 Å². The third-order valence-electron chi connectivity index (χ3n) is 1.34. The Kier molecular flexibility index (Phi) is 3.39. The first-order valence-electron chi connectivity index (χ1n) is 3.51. The highest BCUT2D eigenvalue weighted by molar-refractivity contribution is 6.29. The number of aryl methyl sites for hydroxylation is 1. The summed E-state index contributed by atoms with van der Waals surface area (Å²) in [6, 6.07) is 1.77. The smallest absolute Gasteiger partial charge is 0.151 e. The quantitative estimate of drug-likeness (QED) is 0.648. The maximum Gasteiger partial charge on any atom is 0.151 e. The van der Waals surface area contributed by atoms with E-state index in [1.54, 1.807) is 17.9 Å². The van der Waals surface area contributed by atoms with Crippen molar-refractivity contribution in [2.45, 2.75) is 13.0 Å². The Balaban J connectivity index is 2.27. The molecule has 11 heavy (non-hydrogen) atoms. The first kappa shape index (κ1) is 8.56. The number of nitrogens with zero attached hydrogens (tertiary/aromatic N) is 2. The predicted octanol–water partition coefficient (Wildman–Crippen LogP) is 1.57. The number of aromatic nitrogens is 2. The van der Waals surface area contributed by atoms with Gasteiger partial charge >= 0.3 is 0 Å². The maximum absolute atomic E-state index is 5.61. The number of hydrogen-bond donors (Lipinski definition) is 0. The van der Waals surface area contributed by atoms with E-state index in [-0.39, 0.29) is 0 Å². The van der Waals surface area contributed by atoms with Crippen molar-refractivity contribution in [2.75, 3.05) is 13.7 Å². The monoisotopic (exact) mass is 174 g/mol. The minimum Gasteiger partial charge on any atom is -0.385 e. The lowest BCUT2D eigenvalue weighted by Crippen LogP contribution is -2.01. The Morgan fingerprint density at radius 3 is 3.09 bits per heavy atom. The molecule has 1 rings (SSSR count). The van der Waals surface area contributed by atoms with Crippen LogP contribution < -0.4 is 0 Å². The molecule has 4 heteroatoms. The molecule has 0 saturated carbocycles. The van der Waals surface area contributed by atoms with Crippen LogP contribution in [0.25, 0.3) is 0 Å². The molecular weight excluding hydrogens is 164 g/mol. The van der Waals surface area contributed by atoms with Gasteiger partial charge in [-0.1, -0.05) is 11.6 Å². The minimum absolute atomic E-state index is 0.544. The summed E-state index contributed by atoms with van der Waals surface area (Å²) in [6.07, 6.45) is 2.83. The molecule has 0 bridgehead atoms. The summed E-state index contributed by atoms with van der Waals surface area (Å²) in [7, 11) is 1.69. The zero-order valence-electron chi connectivity index (χ0n) is 6.46. The number of methoxy groups -OCH3 is 1. The van der Waals surface area contributed by atoms with Crippen molar-refractivity contribution in [1.29, 1.82) is 0 Å². The van der Waals surface area contributed by atoms with E-state index in [2.05, 4.69) is 5.10 Å². The highest BCUT2D eigenvalue weighted by atomic mass is 35.5. The van der Waals surface area contributed by atoms with Crippen LogP contribution in [0.2, 0.25) is 5.15 Å². The summed E-state index contributed by atoms with van der Waals surface area (Å²) in [5.41, 5.74) is 0. The molecule has 1 aromatic rings. The van der Waals surface area contributed by atoms with Gasteiger partial charge in [0.05, 0.1) is 0 Å². The normalized spacial score (nSPS) is 10.4. The molecule has 62 valence electrons. The van der Waals surface area contributed by atoms with Crippen LogP contribution in [0.1, 0.15) is 6.42 Å². The zero-order valence-corrected chi connectivity index (χ0v) is 7.21. The number of ether oxygens (including phenoxy) is 1. The molecule has 0 N–H and O–H groups in total. The van der Waals surface area contributed by atoms with Gasteiger partial charge in [0.1, 0.15) is 0 Å². The standard InChI is InChI=1S/C7H11ClN2O/c1-11-6-2-4-10-5-3-7(8)9-10/h3,5H,2,4,6H2,1H3. The largest absolute Gasteiger partial charge is 0.385 e. The van der Waals surface area contributed by atoms with E-state index in [4.69, 9.17) is 16.3 Å². The van der Waals surface area contributed by atoms with Crippen LogP contribution in [0.4, 0.5) is 0 Å². The lowest BCUT2D eigenvalue weighted by Gasteiger charge is -1.98. The van der Waals surface area contributed by atoms with Gasteiger partial charge in [-0.25, -0.2) is 0 Å². The van der Waals surface area contributed by atoms with E-state index in [9.17, 15) is 0 Å². The fourth-order valence-corrected chi connectivity index (χ4v) is 0.986. The second kappa shape index (κ2) is 4.36. The van der Waals surface area contributed by atoms with E-state index in [0.717, 1.165) is 19.6 Å². The predicted molar refractivity (Wildman–Crippen MR) is 43.7 cm³/mol. The second-order valence-corrected chi connectivity index (χ2v) is 2.64. The van der Waals surface area contributed by atoms with Gasteiger partial charge in [-0.15, -0.1) is 0 Å². The summed E-state index contributed by atoms with van der Waals surface area (Å²) >= 11 is 5.61. The van der Waals surface area contributed by atoms with Crippen molar-refractivity contribution in [3.05, 3.63) is 17.4 Å². The van der Waals surface area contributed by atoms with Crippen molar-refractivity contribution >= 4 is 11.6 Å². The van der Waals surface area contributed by atoms with Gasteiger partial charge in [0.25, 0.3) is 0 Å². The van der Waals surface area contributed by atoms with E-state index >= 15 is 0 Å². The second-order valence-electron chi connectivity index (χ2n) is 2.25. The number of hydrogen-bond acceptors (Lipinski definition) is 2. The van der Waals surface area contributed by atoms with Crippen LogP contribution in [0.15, 0.2) is 12.3 Å². The molecule has 0 spiro atoms. The fourth-order valence-electron chi connectivity index (χ4n) is 0.832. The average molecular weight is 175 g/mol. The molecule has 0 fully saturated rings. The molecule has 3 nitrogen and oxygen atoms in total. The van der Waals surface area contributed by atoms with Crippen molar-refractivity contribution in [1.82, 2.24) is 9.78 Å². The average Bonchev–Trinajstić information content (AvgIpc) is 2.37. The van der Waals surface area contributed by atoms with Gasteiger partial charge in [0.2, 0.25) is 0 Å². The van der Waals surface area contributed by atoms with Gasteiger partial charge in [-0.3, -0.25) is 4.68 Å². The Hall–Kier alpha value is -0.540. The van der Waals surface area contributed by atoms with Gasteiger partial charge in [-0.05, 0) is 12.5 Å². The van der Waals surface area contributed by atoms with Crippen molar-refractivity contribution < 1.29 is 4.74 Å². The van der Waals surface area contributed by atoms with Crippen molar-refractivity contribution in [3.63, 3.8) is 0 Å². The Morgan fingerprint density at radius 2 is 2.55 bits per heavy atom. The summed E-state index contributed by atoms with van der Waals surface area (Å²) in [5, 5.41) is 4.55. The Morgan fingerprint density at radius 1 is 1.73 bits per heavy atom. The highest BCUT2D eigenvalue weighted by Crippen LogP contribution is 2.02.